The number of halogens is 2. The lowest BCUT2D eigenvalue weighted by molar-refractivity contribution is 0.0580. The lowest BCUT2D eigenvalue weighted by atomic mass is 9.81. The summed E-state index contributed by atoms with van der Waals surface area (Å²) in [7, 11) is -3.73. The van der Waals surface area contributed by atoms with Crippen LogP contribution in [0.25, 0.3) is 0 Å². The van der Waals surface area contributed by atoms with E-state index in [0.29, 0.717) is 50.3 Å². The average Bonchev–Trinajstić information content (AvgIpc) is 2.88. The van der Waals surface area contributed by atoms with E-state index in [0.717, 1.165) is 6.07 Å². The van der Waals surface area contributed by atoms with Crippen LogP contribution in [-0.4, -0.2) is 42.4 Å². The second-order valence-corrected chi connectivity index (χ2v) is 11.4. The van der Waals surface area contributed by atoms with Crippen molar-refractivity contribution in [2.75, 3.05) is 25.1 Å². The van der Waals surface area contributed by atoms with Crippen molar-refractivity contribution in [3.05, 3.63) is 89.4 Å². The highest BCUT2D eigenvalue weighted by molar-refractivity contribution is 7.89. The van der Waals surface area contributed by atoms with Gasteiger partial charge in [-0.25, -0.2) is 22.2 Å². The fraction of sp³-hybridized carbons (Fsp3) is 0.385. The first-order valence-electron chi connectivity index (χ1n) is 12.0. The number of hydrogen-bond donors (Lipinski definition) is 1. The highest BCUT2D eigenvalue weighted by Crippen LogP contribution is 2.39. The van der Waals surface area contributed by atoms with Gasteiger partial charge in [0.05, 0.1) is 11.7 Å². The first-order valence-corrected chi connectivity index (χ1v) is 13.5. The van der Waals surface area contributed by atoms with E-state index in [4.69, 9.17) is 4.74 Å². The highest BCUT2D eigenvalue weighted by Gasteiger charge is 2.40. The van der Waals surface area contributed by atoms with E-state index in [1.54, 1.807) is 24.3 Å². The van der Waals surface area contributed by atoms with Crippen LogP contribution in [0, 0.1) is 11.6 Å². The zero-order valence-electron chi connectivity index (χ0n) is 19.7. The largest absolute Gasteiger partial charge is 0.381 e. The van der Waals surface area contributed by atoms with Gasteiger partial charge in [-0.2, -0.15) is 4.31 Å². The molecule has 190 valence electrons. The number of benzene rings is 2. The van der Waals surface area contributed by atoms with Crippen molar-refractivity contribution in [2.24, 2.45) is 0 Å². The quantitative estimate of drug-likeness (QED) is 0.520. The molecular weight excluding hydrogens is 486 g/mol. The average molecular weight is 515 g/mol. The summed E-state index contributed by atoms with van der Waals surface area (Å²) >= 11 is 0. The van der Waals surface area contributed by atoms with Crippen molar-refractivity contribution < 1.29 is 21.9 Å². The molecule has 0 aliphatic carbocycles. The minimum absolute atomic E-state index is 0.00949. The van der Waals surface area contributed by atoms with Crippen LogP contribution in [-0.2, 0) is 26.8 Å². The molecule has 5 rings (SSSR count). The molecule has 2 aliphatic heterocycles. The van der Waals surface area contributed by atoms with Crippen molar-refractivity contribution in [3.8, 4) is 0 Å². The Morgan fingerprint density at radius 1 is 1.08 bits per heavy atom. The predicted molar refractivity (Wildman–Crippen MR) is 131 cm³/mol. The number of ether oxygens (including phenoxy) is 1. The third kappa shape index (κ3) is 4.85. The van der Waals surface area contributed by atoms with E-state index >= 15 is 8.78 Å². The Kier molecular flexibility index (Phi) is 7.00. The monoisotopic (exact) mass is 514 g/mol. The topological polar surface area (TPSA) is 84.4 Å². The first-order chi connectivity index (χ1) is 17.4. The normalized spacial score (nSPS) is 21.7. The molecule has 2 saturated heterocycles. The standard InChI is InChI=1S/C26H28F2N4O3S/c27-22-16-21(26(8-13-35-14-9-26)31-25-17-29-10-11-30-25)23(28)15-20(22)18-32-12-4-7-24(36(32,33)34)19-5-2-1-3-6-19/h1-3,5-6,10-11,15-17,24H,4,7-9,12-14,18H2,(H,30,31)/t24-/m1/s1. The fourth-order valence-corrected chi connectivity index (χ4v) is 7.17. The van der Waals surface area contributed by atoms with Gasteiger partial charge in [0, 0.05) is 49.8 Å². The Bertz CT molecular complexity index is 1300. The van der Waals surface area contributed by atoms with Gasteiger partial charge in [0.2, 0.25) is 10.0 Å². The number of rotatable bonds is 6. The minimum Gasteiger partial charge on any atom is -0.381 e. The number of sulfonamides is 1. The van der Waals surface area contributed by atoms with Gasteiger partial charge < -0.3 is 10.1 Å². The van der Waals surface area contributed by atoms with Crippen molar-refractivity contribution in [1.29, 1.82) is 0 Å². The van der Waals surface area contributed by atoms with Crippen molar-refractivity contribution in [1.82, 2.24) is 14.3 Å². The van der Waals surface area contributed by atoms with E-state index in [9.17, 15) is 8.42 Å². The molecule has 10 heteroatoms. The SMILES string of the molecule is O=S1(=O)[C@@H](c2ccccc2)CCCN1Cc1cc(F)c(C2(Nc3cnccn3)CCOCC2)cc1F. The maximum absolute atomic E-state index is 15.6. The molecule has 1 aromatic heterocycles. The summed E-state index contributed by atoms with van der Waals surface area (Å²) in [6, 6.07) is 11.3. The molecule has 2 aromatic carbocycles. The van der Waals surface area contributed by atoms with Crippen molar-refractivity contribution >= 4 is 15.8 Å². The molecule has 36 heavy (non-hydrogen) atoms. The van der Waals surface area contributed by atoms with Crippen LogP contribution >= 0.6 is 0 Å². The number of hydrogen-bond acceptors (Lipinski definition) is 6. The van der Waals surface area contributed by atoms with Gasteiger partial charge in [-0.05, 0) is 43.4 Å². The molecule has 2 fully saturated rings. The molecule has 2 aliphatic rings. The number of nitrogens with zero attached hydrogens (tertiary/aromatic N) is 3. The Labute approximate surface area is 209 Å². The van der Waals surface area contributed by atoms with E-state index in [1.807, 2.05) is 6.07 Å². The molecule has 0 radical (unpaired) electrons. The number of aromatic nitrogens is 2. The highest BCUT2D eigenvalue weighted by atomic mass is 32.2. The maximum Gasteiger partial charge on any atom is 0.221 e. The molecule has 0 saturated carbocycles. The Morgan fingerprint density at radius 2 is 1.86 bits per heavy atom. The van der Waals surface area contributed by atoms with Gasteiger partial charge >= 0.3 is 0 Å². The predicted octanol–water partition coefficient (Wildman–Crippen LogP) is 4.54. The van der Waals surface area contributed by atoms with Crippen LogP contribution < -0.4 is 5.32 Å². The summed E-state index contributed by atoms with van der Waals surface area (Å²) in [5.74, 6) is -0.788. The third-order valence-corrected chi connectivity index (χ3v) is 9.30. The molecule has 1 atom stereocenters. The first kappa shape index (κ1) is 24.7. The second kappa shape index (κ2) is 10.2. The van der Waals surface area contributed by atoms with Crippen LogP contribution in [0.15, 0.2) is 61.1 Å². The molecule has 0 bridgehead atoms. The zero-order valence-corrected chi connectivity index (χ0v) is 20.6. The summed E-state index contributed by atoms with van der Waals surface area (Å²) < 4.78 is 64.5. The Hall–Kier alpha value is -2.95. The van der Waals surface area contributed by atoms with Gasteiger partial charge in [-0.1, -0.05) is 30.3 Å². The second-order valence-electron chi connectivity index (χ2n) is 9.25. The van der Waals surface area contributed by atoms with Gasteiger partial charge in [0.15, 0.2) is 0 Å². The van der Waals surface area contributed by atoms with Gasteiger partial charge in [-0.3, -0.25) is 4.98 Å². The smallest absolute Gasteiger partial charge is 0.221 e. The maximum atomic E-state index is 15.6. The summed E-state index contributed by atoms with van der Waals surface area (Å²) in [4.78, 5) is 8.28. The molecule has 3 aromatic rings. The van der Waals surface area contributed by atoms with E-state index < -0.39 is 32.4 Å². The van der Waals surface area contributed by atoms with Gasteiger partial charge in [-0.15, -0.1) is 0 Å². The molecule has 0 unspecified atom stereocenters. The number of nitrogens with one attached hydrogen (secondary N) is 1. The number of anilines is 1. The Balaban J connectivity index is 1.44. The molecule has 3 heterocycles. The molecule has 0 amide bonds. The molecule has 1 N–H and O–H groups in total. The van der Waals surface area contributed by atoms with Crippen molar-refractivity contribution in [3.63, 3.8) is 0 Å². The van der Waals surface area contributed by atoms with E-state index in [-0.39, 0.29) is 24.2 Å². The van der Waals surface area contributed by atoms with Crippen LogP contribution in [0.3, 0.4) is 0 Å². The fourth-order valence-electron chi connectivity index (χ4n) is 5.14. The molecule has 7 nitrogen and oxygen atoms in total. The van der Waals surface area contributed by atoms with E-state index in [1.165, 1.54) is 29.0 Å². The third-order valence-electron chi connectivity index (χ3n) is 7.04. The molecule has 0 spiro atoms. The van der Waals surface area contributed by atoms with Crippen molar-refractivity contribution in [2.45, 2.75) is 43.0 Å². The van der Waals surface area contributed by atoms with Crippen LogP contribution in [0.4, 0.5) is 14.6 Å². The minimum atomic E-state index is -3.73. The van der Waals surface area contributed by atoms with Crippen LogP contribution in [0.1, 0.15) is 47.6 Å². The van der Waals surface area contributed by atoms with Crippen LogP contribution in [0.5, 0.6) is 0 Å². The molecular formula is C26H28F2N4O3S. The summed E-state index contributed by atoms with van der Waals surface area (Å²) in [5.41, 5.74) is -0.0368. The lowest BCUT2D eigenvalue weighted by Gasteiger charge is -2.39. The van der Waals surface area contributed by atoms with Gasteiger partial charge in [0.25, 0.3) is 0 Å². The zero-order chi connectivity index (χ0) is 25.2. The lowest BCUT2D eigenvalue weighted by Crippen LogP contribution is -2.42. The summed E-state index contributed by atoms with van der Waals surface area (Å²) in [6.45, 7) is 0.804. The summed E-state index contributed by atoms with van der Waals surface area (Å²) in [5, 5.41) is 2.56. The summed E-state index contributed by atoms with van der Waals surface area (Å²) in [6.07, 6.45) is 6.57. The van der Waals surface area contributed by atoms with Crippen LogP contribution in [0.2, 0.25) is 0 Å². The Morgan fingerprint density at radius 3 is 2.58 bits per heavy atom. The van der Waals surface area contributed by atoms with Gasteiger partial charge in [0.1, 0.15) is 22.7 Å². The van der Waals surface area contributed by atoms with E-state index in [2.05, 4.69) is 15.3 Å².